The highest BCUT2D eigenvalue weighted by Gasteiger charge is 2.21. The van der Waals surface area contributed by atoms with Gasteiger partial charge in [-0.25, -0.2) is 17.8 Å². The maximum Gasteiger partial charge on any atom is 0.261 e. The van der Waals surface area contributed by atoms with Crippen molar-refractivity contribution in [3.05, 3.63) is 64.8 Å². The van der Waals surface area contributed by atoms with E-state index in [1.807, 2.05) is 27.7 Å². The SMILES string of the molecule is Cc1ncc(-c2cc(Cl)c(F)cc2NS(=O)(=O)c2ccc(C(C)(C)C)cc2)n1C. The summed E-state index contributed by atoms with van der Waals surface area (Å²) in [4.78, 5) is 4.31. The zero-order chi connectivity index (χ0) is 21.6. The number of imidazole rings is 1. The number of nitrogens with one attached hydrogen (secondary N) is 1. The smallest absolute Gasteiger partial charge is 0.261 e. The Balaban J connectivity index is 2.05. The quantitative estimate of drug-likeness (QED) is 0.605. The first kappa shape index (κ1) is 21.3. The molecule has 0 saturated carbocycles. The maximum atomic E-state index is 14.2. The van der Waals surface area contributed by atoms with Crippen molar-refractivity contribution in [2.75, 3.05) is 4.72 Å². The minimum atomic E-state index is -3.93. The largest absolute Gasteiger partial charge is 0.331 e. The topological polar surface area (TPSA) is 64.0 Å². The average Bonchev–Trinajstić information content (AvgIpc) is 2.96. The summed E-state index contributed by atoms with van der Waals surface area (Å²) in [6.45, 7) is 7.96. The van der Waals surface area contributed by atoms with E-state index in [1.165, 1.54) is 6.07 Å². The summed E-state index contributed by atoms with van der Waals surface area (Å²) >= 11 is 5.96. The number of halogens is 2. The average molecular weight is 436 g/mol. The van der Waals surface area contributed by atoms with Gasteiger partial charge in [-0.3, -0.25) is 4.72 Å². The number of nitrogens with zero attached hydrogens (tertiary/aromatic N) is 2. The van der Waals surface area contributed by atoms with E-state index in [0.29, 0.717) is 11.3 Å². The van der Waals surface area contributed by atoms with Crippen molar-refractivity contribution in [3.8, 4) is 11.3 Å². The molecule has 0 atom stereocenters. The van der Waals surface area contributed by atoms with Crippen LogP contribution in [0.3, 0.4) is 0 Å². The van der Waals surface area contributed by atoms with Gasteiger partial charge >= 0.3 is 0 Å². The molecule has 154 valence electrons. The van der Waals surface area contributed by atoms with Gasteiger partial charge < -0.3 is 4.57 Å². The van der Waals surface area contributed by atoms with Crippen molar-refractivity contribution < 1.29 is 12.8 Å². The van der Waals surface area contributed by atoms with Gasteiger partial charge in [-0.1, -0.05) is 44.5 Å². The van der Waals surface area contributed by atoms with E-state index in [-0.39, 0.29) is 21.0 Å². The lowest BCUT2D eigenvalue weighted by Crippen LogP contribution is -2.15. The third-order valence-electron chi connectivity index (χ3n) is 4.83. The standard InChI is InChI=1S/C21H23ClFN3O2S/c1-13-24-12-20(26(13)5)16-10-17(22)18(23)11-19(16)25-29(27,28)15-8-6-14(7-9-15)21(2,3)4/h6-12,25H,1-5H3. The van der Waals surface area contributed by atoms with E-state index in [4.69, 9.17) is 11.6 Å². The summed E-state index contributed by atoms with van der Waals surface area (Å²) < 4.78 is 44.3. The summed E-state index contributed by atoms with van der Waals surface area (Å²) in [7, 11) is -2.14. The van der Waals surface area contributed by atoms with Crippen LogP contribution in [-0.4, -0.2) is 18.0 Å². The van der Waals surface area contributed by atoms with E-state index in [2.05, 4.69) is 9.71 Å². The van der Waals surface area contributed by atoms with Gasteiger partial charge in [0.15, 0.2) is 0 Å². The Kier molecular flexibility index (Phi) is 5.49. The second kappa shape index (κ2) is 7.46. The molecule has 0 radical (unpaired) electrons. The van der Waals surface area contributed by atoms with Crippen LogP contribution in [0.15, 0.2) is 47.5 Å². The zero-order valence-corrected chi connectivity index (χ0v) is 18.5. The lowest BCUT2D eigenvalue weighted by atomic mass is 9.87. The van der Waals surface area contributed by atoms with Gasteiger partial charge in [0, 0.05) is 18.7 Å². The Morgan fingerprint density at radius 1 is 1.14 bits per heavy atom. The number of hydrogen-bond donors (Lipinski definition) is 1. The van der Waals surface area contributed by atoms with Crippen LogP contribution in [-0.2, 0) is 22.5 Å². The van der Waals surface area contributed by atoms with Gasteiger partial charge in [-0.2, -0.15) is 0 Å². The van der Waals surface area contributed by atoms with Crippen LogP contribution in [0, 0.1) is 12.7 Å². The number of anilines is 1. The molecular formula is C21H23ClFN3O2S. The predicted octanol–water partition coefficient (Wildman–Crippen LogP) is 5.29. The fourth-order valence-electron chi connectivity index (χ4n) is 2.93. The summed E-state index contributed by atoms with van der Waals surface area (Å²) in [5.41, 5.74) is 2.06. The third kappa shape index (κ3) is 4.31. The molecule has 3 aromatic rings. The van der Waals surface area contributed by atoms with Gasteiger partial charge in [-0.15, -0.1) is 0 Å². The molecule has 0 aliphatic rings. The Bertz CT molecular complexity index is 1160. The molecule has 2 aromatic carbocycles. The van der Waals surface area contributed by atoms with Crippen molar-refractivity contribution in [3.63, 3.8) is 0 Å². The summed E-state index contributed by atoms with van der Waals surface area (Å²) in [6, 6.07) is 9.13. The van der Waals surface area contributed by atoms with Gasteiger partial charge in [-0.05, 0) is 36.1 Å². The van der Waals surface area contributed by atoms with Gasteiger partial charge in [0.05, 0.1) is 27.5 Å². The lowest BCUT2D eigenvalue weighted by molar-refractivity contribution is 0.587. The normalized spacial score (nSPS) is 12.2. The Labute approximate surface area is 175 Å². The van der Waals surface area contributed by atoms with Crippen LogP contribution in [0.2, 0.25) is 5.02 Å². The molecule has 1 N–H and O–H groups in total. The van der Waals surface area contributed by atoms with Crippen molar-refractivity contribution in [1.29, 1.82) is 0 Å². The Hall–Kier alpha value is -2.38. The molecule has 1 aromatic heterocycles. The predicted molar refractivity (Wildman–Crippen MR) is 114 cm³/mol. The Morgan fingerprint density at radius 2 is 1.76 bits per heavy atom. The summed E-state index contributed by atoms with van der Waals surface area (Å²) in [5, 5.41) is -0.101. The molecule has 3 rings (SSSR count). The Morgan fingerprint density at radius 3 is 2.28 bits per heavy atom. The molecule has 5 nitrogen and oxygen atoms in total. The molecule has 0 spiro atoms. The monoisotopic (exact) mass is 435 g/mol. The number of benzene rings is 2. The molecular weight excluding hydrogens is 413 g/mol. The minimum Gasteiger partial charge on any atom is -0.331 e. The van der Waals surface area contributed by atoms with Crippen LogP contribution in [0.5, 0.6) is 0 Å². The number of sulfonamides is 1. The fraction of sp³-hybridized carbons (Fsp3) is 0.286. The molecule has 0 bridgehead atoms. The molecule has 29 heavy (non-hydrogen) atoms. The number of rotatable bonds is 4. The van der Waals surface area contributed by atoms with Crippen LogP contribution >= 0.6 is 11.6 Å². The van der Waals surface area contributed by atoms with Gasteiger partial charge in [0.2, 0.25) is 0 Å². The molecule has 0 aliphatic heterocycles. The highest BCUT2D eigenvalue weighted by Crippen LogP contribution is 2.34. The van der Waals surface area contributed by atoms with Crippen molar-refractivity contribution in [2.24, 2.45) is 7.05 Å². The van der Waals surface area contributed by atoms with Crippen molar-refractivity contribution in [1.82, 2.24) is 9.55 Å². The second-order valence-corrected chi connectivity index (χ2v) is 10.0. The molecule has 0 amide bonds. The van der Waals surface area contributed by atoms with Crippen molar-refractivity contribution >= 4 is 27.3 Å². The highest BCUT2D eigenvalue weighted by molar-refractivity contribution is 7.92. The molecule has 8 heteroatoms. The van der Waals surface area contributed by atoms with Crippen LogP contribution < -0.4 is 4.72 Å². The third-order valence-corrected chi connectivity index (χ3v) is 6.50. The van der Waals surface area contributed by atoms with E-state index < -0.39 is 15.8 Å². The van der Waals surface area contributed by atoms with Crippen LogP contribution in [0.1, 0.15) is 32.2 Å². The summed E-state index contributed by atoms with van der Waals surface area (Å²) in [5.74, 6) is 0.0158. The molecule has 0 saturated heterocycles. The first-order valence-corrected chi connectivity index (χ1v) is 10.9. The molecule has 0 unspecified atom stereocenters. The summed E-state index contributed by atoms with van der Waals surface area (Å²) in [6.07, 6.45) is 1.59. The van der Waals surface area contributed by atoms with Crippen molar-refractivity contribution in [2.45, 2.75) is 38.0 Å². The zero-order valence-electron chi connectivity index (χ0n) is 16.9. The van der Waals surface area contributed by atoms with E-state index in [9.17, 15) is 12.8 Å². The molecule has 1 heterocycles. The van der Waals surface area contributed by atoms with Crippen LogP contribution in [0.25, 0.3) is 11.3 Å². The second-order valence-electron chi connectivity index (χ2n) is 7.94. The number of aryl methyl sites for hydroxylation is 1. The molecule has 0 aliphatic carbocycles. The van der Waals surface area contributed by atoms with Gasteiger partial charge in [0.25, 0.3) is 10.0 Å². The van der Waals surface area contributed by atoms with Gasteiger partial charge in [0.1, 0.15) is 11.6 Å². The number of hydrogen-bond acceptors (Lipinski definition) is 3. The first-order chi connectivity index (χ1) is 13.4. The highest BCUT2D eigenvalue weighted by atomic mass is 35.5. The fourth-order valence-corrected chi connectivity index (χ4v) is 4.17. The first-order valence-electron chi connectivity index (χ1n) is 9.01. The van der Waals surface area contributed by atoms with E-state index >= 15 is 0 Å². The van der Waals surface area contributed by atoms with E-state index in [1.54, 1.807) is 42.1 Å². The maximum absolute atomic E-state index is 14.2. The minimum absolute atomic E-state index is 0.0907. The number of aromatic nitrogens is 2. The molecule has 0 fully saturated rings. The van der Waals surface area contributed by atoms with E-state index in [0.717, 1.165) is 17.5 Å². The van der Waals surface area contributed by atoms with Crippen LogP contribution in [0.4, 0.5) is 10.1 Å². The lowest BCUT2D eigenvalue weighted by Gasteiger charge is -2.19.